The van der Waals surface area contributed by atoms with Crippen LogP contribution in [-0.4, -0.2) is 72.4 Å². The zero-order valence-electron chi connectivity index (χ0n) is 15.8. The molecule has 1 aromatic rings. The molecule has 2 saturated heterocycles. The van der Waals surface area contributed by atoms with Gasteiger partial charge in [0.25, 0.3) is 5.91 Å². The van der Waals surface area contributed by atoms with E-state index in [0.29, 0.717) is 24.3 Å². The van der Waals surface area contributed by atoms with Crippen molar-refractivity contribution >= 4 is 41.7 Å². The molecule has 0 saturated carbocycles. The lowest BCUT2D eigenvalue weighted by Crippen LogP contribution is -2.38. The second-order valence-corrected chi connectivity index (χ2v) is 8.73. The Kier molecular flexibility index (Phi) is 7.97. The SMILES string of the molecule is CC1(CN)CCN(CC(=O)Nc2cccc(C(=O)N3CCSCC3)c2)C1.Cl. The van der Waals surface area contributed by atoms with Crippen LogP contribution in [0.1, 0.15) is 23.7 Å². The minimum absolute atomic E-state index is 0. The van der Waals surface area contributed by atoms with Crippen LogP contribution in [0.5, 0.6) is 0 Å². The topological polar surface area (TPSA) is 78.7 Å². The maximum Gasteiger partial charge on any atom is 0.253 e. The van der Waals surface area contributed by atoms with Crippen LogP contribution < -0.4 is 11.1 Å². The lowest BCUT2D eigenvalue weighted by atomic mass is 9.90. The van der Waals surface area contributed by atoms with Gasteiger partial charge in [0.2, 0.25) is 5.91 Å². The summed E-state index contributed by atoms with van der Waals surface area (Å²) in [6.45, 7) is 6.49. The van der Waals surface area contributed by atoms with E-state index in [-0.39, 0.29) is 29.6 Å². The quantitative estimate of drug-likeness (QED) is 0.772. The summed E-state index contributed by atoms with van der Waals surface area (Å²) >= 11 is 1.88. The highest BCUT2D eigenvalue weighted by Gasteiger charge is 2.33. The normalized spacial score (nSPS) is 23.0. The first-order chi connectivity index (χ1) is 12.5. The number of nitrogens with two attached hydrogens (primary N) is 1. The molecule has 0 radical (unpaired) electrons. The minimum atomic E-state index is -0.0507. The van der Waals surface area contributed by atoms with E-state index in [2.05, 4.69) is 17.1 Å². The van der Waals surface area contributed by atoms with Crippen LogP contribution in [0, 0.1) is 5.41 Å². The van der Waals surface area contributed by atoms with Gasteiger partial charge in [-0.15, -0.1) is 12.4 Å². The van der Waals surface area contributed by atoms with Crippen LogP contribution in [-0.2, 0) is 4.79 Å². The van der Waals surface area contributed by atoms with Crippen molar-refractivity contribution in [2.24, 2.45) is 11.1 Å². The van der Waals surface area contributed by atoms with E-state index in [0.717, 1.165) is 44.1 Å². The lowest BCUT2D eigenvalue weighted by molar-refractivity contribution is -0.117. The molecule has 1 atom stereocenters. The summed E-state index contributed by atoms with van der Waals surface area (Å²) in [6, 6.07) is 7.24. The number of halogens is 1. The van der Waals surface area contributed by atoms with Crippen LogP contribution >= 0.6 is 24.2 Å². The number of nitrogens with one attached hydrogen (secondary N) is 1. The van der Waals surface area contributed by atoms with E-state index < -0.39 is 0 Å². The molecule has 3 N–H and O–H groups in total. The molecule has 2 fully saturated rings. The number of thioether (sulfide) groups is 1. The number of rotatable bonds is 5. The Hall–Kier alpha value is -1.28. The fourth-order valence-corrected chi connectivity index (χ4v) is 4.41. The van der Waals surface area contributed by atoms with Gasteiger partial charge in [-0.3, -0.25) is 14.5 Å². The molecule has 0 bridgehead atoms. The first kappa shape index (κ1) is 22.0. The number of likely N-dealkylation sites (tertiary alicyclic amines) is 1. The molecule has 0 spiro atoms. The summed E-state index contributed by atoms with van der Waals surface area (Å²) in [5, 5.41) is 2.93. The Labute approximate surface area is 171 Å². The van der Waals surface area contributed by atoms with E-state index >= 15 is 0 Å². The monoisotopic (exact) mass is 412 g/mol. The molecule has 1 unspecified atom stereocenters. The molecule has 2 aliphatic rings. The number of nitrogens with zero attached hydrogens (tertiary/aromatic N) is 2. The summed E-state index contributed by atoms with van der Waals surface area (Å²) in [6.07, 6.45) is 1.02. The number of carbonyl (C=O) groups excluding carboxylic acids is 2. The third kappa shape index (κ3) is 5.85. The Morgan fingerprint density at radius 3 is 2.67 bits per heavy atom. The first-order valence-corrected chi connectivity index (χ1v) is 10.3. The van der Waals surface area contributed by atoms with Crippen molar-refractivity contribution in [1.82, 2.24) is 9.80 Å². The standard InChI is InChI=1S/C19H28N4O2S.ClH/c1-19(13-20)5-6-22(14-19)12-17(24)21-16-4-2-3-15(11-16)18(25)23-7-9-26-10-8-23;/h2-4,11H,5-10,12-14,20H2,1H3,(H,21,24);1H. The number of hydrogen-bond donors (Lipinski definition) is 2. The molecular formula is C19H29ClN4O2S. The second-order valence-electron chi connectivity index (χ2n) is 7.51. The average Bonchev–Trinajstić information content (AvgIpc) is 3.03. The van der Waals surface area contributed by atoms with Gasteiger partial charge in [0.05, 0.1) is 6.54 Å². The molecule has 8 heteroatoms. The van der Waals surface area contributed by atoms with Gasteiger partial charge >= 0.3 is 0 Å². The molecular weight excluding hydrogens is 384 g/mol. The molecule has 2 aliphatic heterocycles. The van der Waals surface area contributed by atoms with Gasteiger partial charge in [0, 0.05) is 42.4 Å². The van der Waals surface area contributed by atoms with Crippen LogP contribution in [0.2, 0.25) is 0 Å². The number of amides is 2. The van der Waals surface area contributed by atoms with Crippen molar-refractivity contribution in [3.8, 4) is 0 Å². The fraction of sp³-hybridized carbons (Fsp3) is 0.579. The van der Waals surface area contributed by atoms with E-state index in [4.69, 9.17) is 5.73 Å². The second kappa shape index (κ2) is 9.78. The number of hydrogen-bond acceptors (Lipinski definition) is 5. The molecule has 27 heavy (non-hydrogen) atoms. The highest BCUT2D eigenvalue weighted by Crippen LogP contribution is 2.28. The summed E-state index contributed by atoms with van der Waals surface area (Å²) in [7, 11) is 0. The third-order valence-corrected chi connectivity index (χ3v) is 6.13. The Balaban J connectivity index is 0.00000261. The average molecular weight is 413 g/mol. The van der Waals surface area contributed by atoms with Crippen molar-refractivity contribution in [3.63, 3.8) is 0 Å². The van der Waals surface area contributed by atoms with Crippen molar-refractivity contribution in [2.75, 3.05) is 56.1 Å². The number of carbonyl (C=O) groups is 2. The molecule has 0 aromatic heterocycles. The molecule has 1 aromatic carbocycles. The van der Waals surface area contributed by atoms with Gasteiger partial charge in [-0.2, -0.15) is 11.8 Å². The zero-order chi connectivity index (χ0) is 18.6. The predicted octanol–water partition coefficient (Wildman–Crippen LogP) is 1.91. The number of benzene rings is 1. The van der Waals surface area contributed by atoms with Gasteiger partial charge in [-0.1, -0.05) is 13.0 Å². The van der Waals surface area contributed by atoms with Crippen LogP contribution in [0.15, 0.2) is 24.3 Å². The van der Waals surface area contributed by atoms with E-state index in [1.54, 1.807) is 6.07 Å². The summed E-state index contributed by atoms with van der Waals surface area (Å²) in [4.78, 5) is 29.0. The molecule has 2 heterocycles. The Bertz CT molecular complexity index is 669. The lowest BCUT2D eigenvalue weighted by Gasteiger charge is -2.26. The third-order valence-electron chi connectivity index (χ3n) is 5.19. The summed E-state index contributed by atoms with van der Waals surface area (Å²) < 4.78 is 0. The fourth-order valence-electron chi connectivity index (χ4n) is 3.51. The molecule has 150 valence electrons. The Morgan fingerprint density at radius 2 is 2.00 bits per heavy atom. The van der Waals surface area contributed by atoms with Crippen molar-refractivity contribution in [1.29, 1.82) is 0 Å². The smallest absolute Gasteiger partial charge is 0.253 e. The van der Waals surface area contributed by atoms with Gasteiger partial charge < -0.3 is 16.0 Å². The maximum atomic E-state index is 12.6. The maximum absolute atomic E-state index is 12.6. The Morgan fingerprint density at radius 1 is 1.26 bits per heavy atom. The van der Waals surface area contributed by atoms with Crippen LogP contribution in [0.4, 0.5) is 5.69 Å². The van der Waals surface area contributed by atoms with Gasteiger partial charge in [-0.25, -0.2) is 0 Å². The first-order valence-electron chi connectivity index (χ1n) is 9.18. The van der Waals surface area contributed by atoms with Crippen molar-refractivity contribution in [3.05, 3.63) is 29.8 Å². The van der Waals surface area contributed by atoms with E-state index in [1.807, 2.05) is 34.9 Å². The number of anilines is 1. The molecule has 6 nitrogen and oxygen atoms in total. The van der Waals surface area contributed by atoms with Crippen molar-refractivity contribution < 1.29 is 9.59 Å². The summed E-state index contributed by atoms with van der Waals surface area (Å²) in [5.74, 6) is 1.96. The van der Waals surface area contributed by atoms with E-state index in [1.165, 1.54) is 0 Å². The summed E-state index contributed by atoms with van der Waals surface area (Å²) in [5.41, 5.74) is 7.24. The molecule has 3 rings (SSSR count). The minimum Gasteiger partial charge on any atom is -0.337 e. The largest absolute Gasteiger partial charge is 0.337 e. The van der Waals surface area contributed by atoms with Crippen molar-refractivity contribution in [2.45, 2.75) is 13.3 Å². The zero-order valence-corrected chi connectivity index (χ0v) is 17.4. The highest BCUT2D eigenvalue weighted by molar-refractivity contribution is 7.99. The van der Waals surface area contributed by atoms with Gasteiger partial charge in [0.15, 0.2) is 0 Å². The van der Waals surface area contributed by atoms with Gasteiger partial charge in [-0.05, 0) is 43.1 Å². The molecule has 2 amide bonds. The van der Waals surface area contributed by atoms with Crippen LogP contribution in [0.3, 0.4) is 0 Å². The van der Waals surface area contributed by atoms with Crippen LogP contribution in [0.25, 0.3) is 0 Å². The van der Waals surface area contributed by atoms with E-state index in [9.17, 15) is 9.59 Å². The highest BCUT2D eigenvalue weighted by atomic mass is 35.5. The molecule has 0 aliphatic carbocycles. The van der Waals surface area contributed by atoms with Gasteiger partial charge in [0.1, 0.15) is 0 Å². The predicted molar refractivity (Wildman–Crippen MR) is 114 cm³/mol.